The summed E-state index contributed by atoms with van der Waals surface area (Å²) in [6.07, 6.45) is 9.58. The highest BCUT2D eigenvalue weighted by atomic mass is 16.3. The Bertz CT molecular complexity index is 936. The van der Waals surface area contributed by atoms with Gasteiger partial charge < -0.3 is 20.0 Å². The number of ketones is 1. The molecule has 0 bridgehead atoms. The highest BCUT2D eigenvalue weighted by Gasteiger charge is 2.23. The van der Waals surface area contributed by atoms with E-state index in [4.69, 9.17) is 5.11 Å². The molecule has 7 heteroatoms. The molecular weight excluding hydrogens is 404 g/mol. The average molecular weight is 437 g/mol. The Kier molecular flexibility index (Phi) is 7.63. The molecule has 1 aliphatic heterocycles. The largest absolute Gasteiger partial charge is 0.395 e. The third-order valence-corrected chi connectivity index (χ3v) is 6.57. The predicted octanol–water partition coefficient (Wildman–Crippen LogP) is 2.19. The summed E-state index contributed by atoms with van der Waals surface area (Å²) < 4.78 is 0. The van der Waals surface area contributed by atoms with Crippen molar-refractivity contribution >= 4 is 17.2 Å². The molecule has 2 aromatic rings. The summed E-state index contributed by atoms with van der Waals surface area (Å²) in [5.41, 5.74) is 4.43. The zero-order chi connectivity index (χ0) is 22.3. The van der Waals surface area contributed by atoms with Crippen LogP contribution in [0.15, 0.2) is 42.7 Å². The number of anilines is 1. The van der Waals surface area contributed by atoms with E-state index in [0.29, 0.717) is 12.5 Å². The van der Waals surface area contributed by atoms with Crippen LogP contribution in [0.25, 0.3) is 5.57 Å². The molecule has 1 aromatic carbocycles. The van der Waals surface area contributed by atoms with Crippen LogP contribution in [0.2, 0.25) is 0 Å². The molecule has 7 nitrogen and oxygen atoms in total. The first kappa shape index (κ1) is 22.6. The normalized spacial score (nSPS) is 16.3. The molecule has 2 N–H and O–H groups in total. The number of hydrogen-bond donors (Lipinski definition) is 2. The third-order valence-electron chi connectivity index (χ3n) is 6.57. The topological polar surface area (TPSA) is 89.8 Å². The summed E-state index contributed by atoms with van der Waals surface area (Å²) in [5, 5.41) is 18.5. The molecule has 0 radical (unpaired) electrons. The van der Waals surface area contributed by atoms with Crippen LogP contribution in [-0.4, -0.2) is 76.8 Å². The zero-order valence-electron chi connectivity index (χ0n) is 18.5. The highest BCUT2D eigenvalue weighted by Crippen LogP contribution is 2.30. The Morgan fingerprint density at radius 1 is 1.09 bits per heavy atom. The fraction of sp³-hybridized carbons (Fsp3) is 0.480. The number of carbonyl (C=O) groups is 1. The van der Waals surface area contributed by atoms with Gasteiger partial charge in [-0.05, 0) is 48.3 Å². The standard InChI is InChI=1S/C25H32N4O3/c30-14-13-28(10-9-21-6-5-20-3-1-2-4-22(20)21)17-19-7-11-29(12-8-19)25-16-26-23(15-27-25)24(32)18-31/h1-4,6,15-16,19,30-31H,5,7-14,17-18H2. The van der Waals surface area contributed by atoms with Gasteiger partial charge in [-0.15, -0.1) is 0 Å². The fourth-order valence-corrected chi connectivity index (χ4v) is 4.73. The second kappa shape index (κ2) is 10.8. The maximum absolute atomic E-state index is 11.5. The Morgan fingerprint density at radius 2 is 1.91 bits per heavy atom. The van der Waals surface area contributed by atoms with Crippen LogP contribution in [0.5, 0.6) is 0 Å². The first-order valence-corrected chi connectivity index (χ1v) is 11.5. The van der Waals surface area contributed by atoms with Gasteiger partial charge in [0, 0.05) is 32.7 Å². The highest BCUT2D eigenvalue weighted by molar-refractivity contribution is 5.94. The van der Waals surface area contributed by atoms with E-state index >= 15 is 0 Å². The van der Waals surface area contributed by atoms with Gasteiger partial charge in [-0.1, -0.05) is 30.3 Å². The van der Waals surface area contributed by atoms with E-state index in [-0.39, 0.29) is 12.3 Å². The van der Waals surface area contributed by atoms with E-state index in [0.717, 1.165) is 57.7 Å². The maximum atomic E-state index is 11.5. The van der Waals surface area contributed by atoms with Crippen molar-refractivity contribution in [2.45, 2.75) is 25.7 Å². The average Bonchev–Trinajstić information content (AvgIpc) is 3.26. The van der Waals surface area contributed by atoms with E-state index in [9.17, 15) is 9.90 Å². The van der Waals surface area contributed by atoms with Crippen molar-refractivity contribution in [2.24, 2.45) is 5.92 Å². The van der Waals surface area contributed by atoms with Crippen molar-refractivity contribution in [3.8, 4) is 0 Å². The Balaban J connectivity index is 1.26. The van der Waals surface area contributed by atoms with Crippen LogP contribution in [0, 0.1) is 5.92 Å². The van der Waals surface area contributed by atoms with Crippen LogP contribution < -0.4 is 4.90 Å². The molecule has 0 amide bonds. The van der Waals surface area contributed by atoms with Crippen molar-refractivity contribution in [1.82, 2.24) is 14.9 Å². The van der Waals surface area contributed by atoms with Crippen LogP contribution in [-0.2, 0) is 6.42 Å². The van der Waals surface area contributed by atoms with Crippen LogP contribution >= 0.6 is 0 Å². The fourth-order valence-electron chi connectivity index (χ4n) is 4.73. The number of allylic oxidation sites excluding steroid dienone is 1. The van der Waals surface area contributed by atoms with E-state index in [1.54, 1.807) is 6.20 Å². The van der Waals surface area contributed by atoms with Gasteiger partial charge in [0.25, 0.3) is 0 Å². The predicted molar refractivity (Wildman–Crippen MR) is 125 cm³/mol. The van der Waals surface area contributed by atoms with Crippen molar-refractivity contribution < 1.29 is 15.0 Å². The lowest BCUT2D eigenvalue weighted by molar-refractivity contribution is 0.0898. The summed E-state index contributed by atoms with van der Waals surface area (Å²) in [7, 11) is 0. The summed E-state index contributed by atoms with van der Waals surface area (Å²) in [6.45, 7) is 4.11. The molecule has 1 aromatic heterocycles. The van der Waals surface area contributed by atoms with Gasteiger partial charge in [0.1, 0.15) is 18.1 Å². The molecule has 0 unspecified atom stereocenters. The van der Waals surface area contributed by atoms with E-state index in [1.165, 1.54) is 22.9 Å². The number of hydrogen-bond acceptors (Lipinski definition) is 7. The Labute approximate surface area is 189 Å². The molecule has 2 aliphatic rings. The number of aliphatic hydroxyl groups excluding tert-OH is 2. The summed E-state index contributed by atoms with van der Waals surface area (Å²) in [4.78, 5) is 24.6. The minimum Gasteiger partial charge on any atom is -0.395 e. The van der Waals surface area contributed by atoms with Crippen molar-refractivity contribution in [1.29, 1.82) is 0 Å². The molecule has 1 fully saturated rings. The molecule has 0 saturated carbocycles. The first-order valence-electron chi connectivity index (χ1n) is 11.5. The number of aliphatic hydroxyl groups is 2. The van der Waals surface area contributed by atoms with Gasteiger partial charge in [0.2, 0.25) is 5.78 Å². The molecule has 0 atom stereocenters. The van der Waals surface area contributed by atoms with Gasteiger partial charge in [0.15, 0.2) is 0 Å². The van der Waals surface area contributed by atoms with Crippen LogP contribution in [0.3, 0.4) is 0 Å². The zero-order valence-corrected chi connectivity index (χ0v) is 18.5. The van der Waals surface area contributed by atoms with Crippen LogP contribution in [0.1, 0.15) is 40.9 Å². The van der Waals surface area contributed by atoms with Crippen LogP contribution in [0.4, 0.5) is 5.82 Å². The van der Waals surface area contributed by atoms with E-state index < -0.39 is 12.4 Å². The molecule has 4 rings (SSSR count). The molecule has 2 heterocycles. The minimum atomic E-state index is -0.548. The first-order chi connectivity index (χ1) is 15.7. The van der Waals surface area contributed by atoms with E-state index in [1.807, 2.05) is 0 Å². The number of piperidine rings is 1. The molecule has 1 aliphatic carbocycles. The SMILES string of the molecule is O=C(CO)c1cnc(N2CCC(CN(CCO)CCC3=CCc4ccccc43)CC2)cn1. The molecular formula is C25H32N4O3. The number of aromatic nitrogens is 2. The summed E-state index contributed by atoms with van der Waals surface area (Å²) >= 11 is 0. The Hall–Kier alpha value is -2.61. The maximum Gasteiger partial charge on any atom is 0.208 e. The number of carbonyl (C=O) groups excluding carboxylic acids is 1. The smallest absolute Gasteiger partial charge is 0.208 e. The summed E-state index contributed by atoms with van der Waals surface area (Å²) in [5.74, 6) is 0.950. The number of Topliss-reactive ketones (excluding diaryl/α,β-unsaturated/α-hetero) is 1. The third kappa shape index (κ3) is 5.41. The number of benzene rings is 1. The lowest BCUT2D eigenvalue weighted by Crippen LogP contribution is -2.40. The molecule has 0 spiro atoms. The van der Waals surface area contributed by atoms with Gasteiger partial charge in [-0.2, -0.15) is 0 Å². The molecule has 32 heavy (non-hydrogen) atoms. The minimum absolute atomic E-state index is 0.184. The van der Waals surface area contributed by atoms with Gasteiger partial charge >= 0.3 is 0 Å². The lowest BCUT2D eigenvalue weighted by Gasteiger charge is -2.35. The number of nitrogens with zero attached hydrogens (tertiary/aromatic N) is 4. The lowest BCUT2D eigenvalue weighted by atomic mass is 9.95. The van der Waals surface area contributed by atoms with Crippen molar-refractivity contribution in [3.05, 3.63) is 59.6 Å². The quantitative estimate of drug-likeness (QED) is 0.552. The number of fused-ring (bicyclic) bond motifs is 1. The molecule has 1 saturated heterocycles. The monoisotopic (exact) mass is 436 g/mol. The van der Waals surface area contributed by atoms with Gasteiger partial charge in [-0.3, -0.25) is 4.79 Å². The van der Waals surface area contributed by atoms with Gasteiger partial charge in [0.05, 0.1) is 19.0 Å². The van der Waals surface area contributed by atoms with Gasteiger partial charge in [-0.25, -0.2) is 9.97 Å². The van der Waals surface area contributed by atoms with E-state index in [2.05, 4.69) is 50.1 Å². The Morgan fingerprint density at radius 3 is 2.62 bits per heavy atom. The van der Waals surface area contributed by atoms with Crippen molar-refractivity contribution in [3.63, 3.8) is 0 Å². The second-order valence-electron chi connectivity index (χ2n) is 8.64. The second-order valence-corrected chi connectivity index (χ2v) is 8.64. The molecule has 170 valence electrons. The summed E-state index contributed by atoms with van der Waals surface area (Å²) in [6, 6.07) is 8.64. The van der Waals surface area contributed by atoms with Crippen molar-refractivity contribution in [2.75, 3.05) is 50.8 Å². The number of rotatable bonds is 10.